The molecule has 1 aliphatic carbocycles. The van der Waals surface area contributed by atoms with Crippen LogP contribution >= 0.6 is 0 Å². The second-order valence-electron chi connectivity index (χ2n) is 7.01. The summed E-state index contributed by atoms with van der Waals surface area (Å²) in [5, 5.41) is 0. The van der Waals surface area contributed by atoms with Gasteiger partial charge >= 0.3 is 5.97 Å². The Balaban J connectivity index is 1.66. The van der Waals surface area contributed by atoms with E-state index < -0.39 is 5.97 Å². The molecule has 0 N–H and O–H groups in total. The molecule has 138 valence electrons. The number of Topliss-reactive ketones (excluding diaryl/α,β-unsaturated/α-hetero) is 1. The van der Waals surface area contributed by atoms with Crippen molar-refractivity contribution < 1.29 is 19.1 Å². The fourth-order valence-electron chi connectivity index (χ4n) is 3.54. The highest BCUT2D eigenvalue weighted by atomic mass is 16.5. The zero-order valence-corrected chi connectivity index (χ0v) is 15.5. The van der Waals surface area contributed by atoms with Gasteiger partial charge in [0.25, 0.3) is 0 Å². The molecule has 4 rings (SSSR count). The lowest BCUT2D eigenvalue weighted by molar-refractivity contribution is 0.0470. The Hall–Kier alpha value is -3.15. The highest BCUT2D eigenvalue weighted by molar-refractivity contribution is 6.24. The lowest BCUT2D eigenvalue weighted by atomic mass is 9.95. The normalized spacial score (nSPS) is 18.3. The third kappa shape index (κ3) is 2.77. The van der Waals surface area contributed by atoms with Crippen molar-refractivity contribution in [1.29, 1.82) is 0 Å². The highest BCUT2D eigenvalue weighted by Gasteiger charge is 2.41. The molecule has 2 aliphatic rings. The van der Waals surface area contributed by atoms with Gasteiger partial charge in [-0.25, -0.2) is 4.79 Å². The SMILES string of the molecule is Cc1c(COC(=O)c2ccccc2)c2c(n1C)C(=O)C=C(N1CC1C)C2=O. The van der Waals surface area contributed by atoms with E-state index in [-0.39, 0.29) is 24.2 Å². The van der Waals surface area contributed by atoms with Crippen LogP contribution in [0.5, 0.6) is 0 Å². The van der Waals surface area contributed by atoms with Gasteiger partial charge in [0.15, 0.2) is 0 Å². The standard InChI is InChI=1S/C21H20N2O4/c1-12-10-23(12)16-9-17(24)19-18(20(16)25)15(13(2)22(19)3)11-27-21(26)14-7-5-4-6-8-14/h4-9,12H,10-11H2,1-3H3. The molecule has 0 bridgehead atoms. The number of ketones is 2. The van der Waals surface area contributed by atoms with E-state index in [1.54, 1.807) is 35.9 Å². The van der Waals surface area contributed by atoms with E-state index in [0.717, 1.165) is 12.2 Å². The van der Waals surface area contributed by atoms with Gasteiger partial charge in [0.05, 0.1) is 16.8 Å². The van der Waals surface area contributed by atoms with E-state index in [9.17, 15) is 14.4 Å². The van der Waals surface area contributed by atoms with Crippen LogP contribution in [0.1, 0.15) is 49.4 Å². The molecule has 0 spiro atoms. The van der Waals surface area contributed by atoms with Gasteiger partial charge in [0.1, 0.15) is 12.3 Å². The Morgan fingerprint density at radius 3 is 2.52 bits per heavy atom. The van der Waals surface area contributed by atoms with Gasteiger partial charge in [-0.1, -0.05) is 18.2 Å². The summed E-state index contributed by atoms with van der Waals surface area (Å²) in [6.45, 7) is 4.55. The maximum atomic E-state index is 13.1. The smallest absolute Gasteiger partial charge is 0.338 e. The van der Waals surface area contributed by atoms with Crippen molar-refractivity contribution in [2.75, 3.05) is 6.54 Å². The molecule has 6 heteroatoms. The number of nitrogens with zero attached hydrogens (tertiary/aromatic N) is 2. The molecule has 1 fully saturated rings. The van der Waals surface area contributed by atoms with Gasteiger partial charge in [0.2, 0.25) is 11.6 Å². The Morgan fingerprint density at radius 2 is 1.89 bits per heavy atom. The molecule has 2 heterocycles. The fraction of sp³-hybridized carbons (Fsp3) is 0.286. The molecule has 1 unspecified atom stereocenters. The molecule has 0 saturated carbocycles. The van der Waals surface area contributed by atoms with Crippen molar-refractivity contribution >= 4 is 17.5 Å². The van der Waals surface area contributed by atoms with Crippen LogP contribution in [-0.2, 0) is 18.4 Å². The Labute approximate surface area is 157 Å². The summed E-state index contributed by atoms with van der Waals surface area (Å²) in [6.07, 6.45) is 1.42. The molecule has 1 saturated heterocycles. The third-order valence-corrected chi connectivity index (χ3v) is 5.30. The van der Waals surface area contributed by atoms with Gasteiger partial charge in [-0.05, 0) is 26.0 Å². The number of hydrogen-bond acceptors (Lipinski definition) is 5. The minimum atomic E-state index is -0.461. The maximum absolute atomic E-state index is 13.1. The summed E-state index contributed by atoms with van der Waals surface area (Å²) >= 11 is 0. The van der Waals surface area contributed by atoms with Gasteiger partial charge in [-0.2, -0.15) is 0 Å². The number of benzene rings is 1. The first-order valence-corrected chi connectivity index (χ1v) is 8.87. The van der Waals surface area contributed by atoms with E-state index >= 15 is 0 Å². The fourth-order valence-corrected chi connectivity index (χ4v) is 3.54. The van der Waals surface area contributed by atoms with E-state index in [4.69, 9.17) is 4.74 Å². The predicted molar refractivity (Wildman–Crippen MR) is 98.6 cm³/mol. The summed E-state index contributed by atoms with van der Waals surface area (Å²) < 4.78 is 7.15. The number of aromatic nitrogens is 1. The quantitative estimate of drug-likeness (QED) is 0.616. The molecule has 0 amide bonds. The molecule has 27 heavy (non-hydrogen) atoms. The Morgan fingerprint density at radius 1 is 1.22 bits per heavy atom. The highest BCUT2D eigenvalue weighted by Crippen LogP contribution is 2.34. The summed E-state index contributed by atoms with van der Waals surface area (Å²) in [4.78, 5) is 39.9. The molecular weight excluding hydrogens is 344 g/mol. The molecule has 6 nitrogen and oxygen atoms in total. The van der Waals surface area contributed by atoms with Crippen LogP contribution in [0.25, 0.3) is 0 Å². The summed E-state index contributed by atoms with van der Waals surface area (Å²) in [7, 11) is 1.75. The molecule has 0 radical (unpaired) electrons. The van der Waals surface area contributed by atoms with Crippen LogP contribution in [0.2, 0.25) is 0 Å². The zero-order chi connectivity index (χ0) is 19.3. The molecule has 1 aromatic carbocycles. The van der Waals surface area contributed by atoms with Gasteiger partial charge in [-0.15, -0.1) is 0 Å². The minimum Gasteiger partial charge on any atom is -0.457 e. The first kappa shape index (κ1) is 17.3. The largest absolute Gasteiger partial charge is 0.457 e. The second-order valence-corrected chi connectivity index (χ2v) is 7.01. The zero-order valence-electron chi connectivity index (χ0n) is 15.5. The van der Waals surface area contributed by atoms with Crippen molar-refractivity contribution in [1.82, 2.24) is 9.47 Å². The number of ether oxygens (including phenoxy) is 1. The number of allylic oxidation sites excluding steroid dienone is 2. The van der Waals surface area contributed by atoms with Crippen LogP contribution in [0.4, 0.5) is 0 Å². The van der Waals surface area contributed by atoms with E-state index in [1.165, 1.54) is 6.08 Å². The van der Waals surface area contributed by atoms with Gasteiger partial charge in [0, 0.05) is 37.0 Å². The number of carbonyl (C=O) groups excluding carboxylic acids is 3. The molecular formula is C21H20N2O4. The number of carbonyl (C=O) groups is 3. The topological polar surface area (TPSA) is 68.4 Å². The summed E-state index contributed by atoms with van der Waals surface area (Å²) in [5.41, 5.74) is 2.94. The lowest BCUT2D eigenvalue weighted by Crippen LogP contribution is -2.23. The van der Waals surface area contributed by atoms with Crippen molar-refractivity contribution in [2.45, 2.75) is 26.5 Å². The average Bonchev–Trinajstić information content (AvgIpc) is 3.33. The van der Waals surface area contributed by atoms with Crippen LogP contribution < -0.4 is 0 Å². The predicted octanol–water partition coefficient (Wildman–Crippen LogP) is 2.66. The lowest BCUT2D eigenvalue weighted by Gasteiger charge is -2.16. The first-order chi connectivity index (χ1) is 12.9. The minimum absolute atomic E-state index is 0.0510. The van der Waals surface area contributed by atoms with Gasteiger partial charge in [-0.3, -0.25) is 9.59 Å². The Bertz CT molecular complexity index is 1000. The van der Waals surface area contributed by atoms with Crippen molar-refractivity contribution in [3.63, 3.8) is 0 Å². The first-order valence-electron chi connectivity index (χ1n) is 8.87. The van der Waals surface area contributed by atoms with Gasteiger partial charge < -0.3 is 14.2 Å². The number of esters is 1. The van der Waals surface area contributed by atoms with Crippen LogP contribution in [0, 0.1) is 6.92 Å². The monoisotopic (exact) mass is 364 g/mol. The summed E-state index contributed by atoms with van der Waals surface area (Å²) in [6, 6.07) is 8.95. The van der Waals surface area contributed by atoms with E-state index in [0.29, 0.717) is 28.1 Å². The third-order valence-electron chi connectivity index (χ3n) is 5.30. The van der Waals surface area contributed by atoms with Crippen LogP contribution in [0.3, 0.4) is 0 Å². The number of fused-ring (bicyclic) bond motifs is 1. The second kappa shape index (κ2) is 6.23. The number of hydrogen-bond donors (Lipinski definition) is 0. The van der Waals surface area contributed by atoms with Crippen molar-refractivity contribution in [3.8, 4) is 0 Å². The van der Waals surface area contributed by atoms with E-state index in [1.807, 2.05) is 24.8 Å². The van der Waals surface area contributed by atoms with Crippen molar-refractivity contribution in [2.24, 2.45) is 7.05 Å². The molecule has 2 aromatic rings. The number of rotatable bonds is 4. The molecule has 1 aromatic heterocycles. The van der Waals surface area contributed by atoms with Crippen molar-refractivity contribution in [3.05, 3.63) is 70.2 Å². The van der Waals surface area contributed by atoms with Crippen LogP contribution in [-0.4, -0.2) is 39.6 Å². The molecule has 1 aliphatic heterocycles. The molecule has 1 atom stereocenters. The van der Waals surface area contributed by atoms with E-state index in [2.05, 4.69) is 0 Å². The average molecular weight is 364 g/mol. The maximum Gasteiger partial charge on any atom is 0.338 e. The summed E-state index contributed by atoms with van der Waals surface area (Å²) in [5.74, 6) is -0.828. The van der Waals surface area contributed by atoms with Crippen LogP contribution in [0.15, 0.2) is 42.1 Å². The Kier molecular flexibility index (Phi) is 3.98.